The summed E-state index contributed by atoms with van der Waals surface area (Å²) in [6.45, 7) is 0.643. The standard InChI is InChI=1S/C21H21N3O7S/c1-28-15-6-11(7-16(29-2)17(15)30-3)23-19-13-8-31-9-14(13)22-10-24(19)20(25)12-4-5-32-18(12)21(26)27/h4-7,23H,8-10H2,1-3H3,(H,26,27). The molecule has 2 aliphatic rings. The Hall–Kier alpha value is -3.57. The highest BCUT2D eigenvalue weighted by atomic mass is 32.1. The molecule has 1 amide bonds. The molecule has 0 unspecified atom stereocenters. The number of carbonyl (C=O) groups is 2. The molecule has 4 rings (SSSR count). The molecule has 10 nitrogen and oxygen atoms in total. The molecule has 3 heterocycles. The number of aromatic carboxylic acids is 1. The molecule has 2 aliphatic heterocycles. The molecule has 2 aromatic rings. The Morgan fingerprint density at radius 1 is 1.16 bits per heavy atom. The Bertz CT molecular complexity index is 1110. The van der Waals surface area contributed by atoms with E-state index < -0.39 is 11.9 Å². The van der Waals surface area contributed by atoms with E-state index in [1.807, 2.05) is 0 Å². The maximum Gasteiger partial charge on any atom is 0.346 e. The number of rotatable bonds is 7. The van der Waals surface area contributed by atoms with Crippen molar-refractivity contribution in [3.63, 3.8) is 0 Å². The third kappa shape index (κ3) is 3.76. The van der Waals surface area contributed by atoms with Gasteiger partial charge in [0.05, 0.1) is 45.8 Å². The van der Waals surface area contributed by atoms with Crippen LogP contribution in [-0.4, -0.2) is 68.8 Å². The quantitative estimate of drug-likeness (QED) is 0.649. The number of amides is 1. The fourth-order valence-corrected chi connectivity index (χ4v) is 4.27. The Kier molecular flexibility index (Phi) is 6.01. The molecule has 0 aliphatic carbocycles. The number of methoxy groups -OCH3 is 3. The van der Waals surface area contributed by atoms with Gasteiger partial charge in [0.2, 0.25) is 5.75 Å². The molecule has 1 saturated heterocycles. The molecule has 2 N–H and O–H groups in total. The smallest absolute Gasteiger partial charge is 0.346 e. The number of thiophene rings is 1. The van der Waals surface area contributed by atoms with Crippen molar-refractivity contribution in [2.24, 2.45) is 4.99 Å². The first-order valence-electron chi connectivity index (χ1n) is 9.52. The molecule has 1 aromatic heterocycles. The van der Waals surface area contributed by atoms with Crippen molar-refractivity contribution in [1.29, 1.82) is 0 Å². The maximum absolute atomic E-state index is 13.3. The van der Waals surface area contributed by atoms with Gasteiger partial charge >= 0.3 is 5.97 Å². The van der Waals surface area contributed by atoms with Crippen molar-refractivity contribution in [3.8, 4) is 17.2 Å². The third-order valence-corrected chi connectivity index (χ3v) is 5.96. The van der Waals surface area contributed by atoms with Crippen LogP contribution in [0.15, 0.2) is 40.0 Å². The van der Waals surface area contributed by atoms with Crippen molar-refractivity contribution in [3.05, 3.63) is 45.4 Å². The highest BCUT2D eigenvalue weighted by molar-refractivity contribution is 7.12. The first-order valence-corrected chi connectivity index (χ1v) is 10.4. The first-order chi connectivity index (χ1) is 15.5. The average molecular weight is 459 g/mol. The largest absolute Gasteiger partial charge is 0.493 e. The summed E-state index contributed by atoms with van der Waals surface area (Å²) in [4.78, 5) is 30.7. The predicted octanol–water partition coefficient (Wildman–Crippen LogP) is 2.68. The Labute approximate surface area is 187 Å². The third-order valence-electron chi connectivity index (χ3n) is 5.05. The first kappa shape index (κ1) is 21.7. The van der Waals surface area contributed by atoms with Crippen molar-refractivity contribution >= 4 is 34.6 Å². The SMILES string of the molecule is COc1cc(NC2=C3COCC3=NCN2C(=O)c2ccsc2C(=O)O)cc(OC)c1OC. The molecule has 0 radical (unpaired) electrons. The molecule has 168 valence electrons. The van der Waals surface area contributed by atoms with E-state index in [0.717, 1.165) is 22.6 Å². The summed E-state index contributed by atoms with van der Waals surface area (Å²) in [5, 5.41) is 14.3. The monoisotopic (exact) mass is 459 g/mol. The molecule has 1 aromatic carbocycles. The molecule has 32 heavy (non-hydrogen) atoms. The Morgan fingerprint density at radius 2 is 1.88 bits per heavy atom. The van der Waals surface area contributed by atoms with Gasteiger partial charge in [-0.3, -0.25) is 14.7 Å². The van der Waals surface area contributed by atoms with Crippen molar-refractivity contribution < 1.29 is 33.6 Å². The lowest BCUT2D eigenvalue weighted by Crippen LogP contribution is -2.39. The molecule has 0 bridgehead atoms. The minimum atomic E-state index is -1.15. The minimum Gasteiger partial charge on any atom is -0.493 e. The van der Waals surface area contributed by atoms with Crippen LogP contribution >= 0.6 is 11.3 Å². The average Bonchev–Trinajstić information content (AvgIpc) is 3.48. The van der Waals surface area contributed by atoms with Crippen molar-refractivity contribution in [2.75, 3.05) is 46.5 Å². The van der Waals surface area contributed by atoms with Crippen LogP contribution in [0.25, 0.3) is 0 Å². The van der Waals surface area contributed by atoms with Gasteiger partial charge in [0.1, 0.15) is 17.4 Å². The molecule has 0 saturated carbocycles. The summed E-state index contributed by atoms with van der Waals surface area (Å²) in [6, 6.07) is 4.93. The van der Waals surface area contributed by atoms with Gasteiger partial charge in [0.15, 0.2) is 11.5 Å². The second-order valence-electron chi connectivity index (χ2n) is 6.81. The van der Waals surface area contributed by atoms with E-state index in [1.165, 1.54) is 32.3 Å². The van der Waals surface area contributed by atoms with E-state index in [0.29, 0.717) is 35.4 Å². The van der Waals surface area contributed by atoms with Crippen LogP contribution in [0.3, 0.4) is 0 Å². The lowest BCUT2D eigenvalue weighted by molar-refractivity contribution is 0.0688. The lowest BCUT2D eigenvalue weighted by atomic mass is 10.1. The summed E-state index contributed by atoms with van der Waals surface area (Å²) >= 11 is 0.998. The second kappa shape index (κ2) is 8.89. The number of benzene rings is 1. The van der Waals surface area contributed by atoms with Crippen LogP contribution in [0.2, 0.25) is 0 Å². The van der Waals surface area contributed by atoms with Gasteiger partial charge in [-0.25, -0.2) is 4.79 Å². The summed E-state index contributed by atoms with van der Waals surface area (Å²) in [5.41, 5.74) is 2.15. The van der Waals surface area contributed by atoms with Gasteiger partial charge in [-0.05, 0) is 11.4 Å². The number of aliphatic imine (C=N–C) groups is 1. The zero-order chi connectivity index (χ0) is 22.8. The van der Waals surface area contributed by atoms with Gasteiger partial charge in [-0.15, -0.1) is 11.3 Å². The van der Waals surface area contributed by atoms with E-state index in [9.17, 15) is 14.7 Å². The number of ether oxygens (including phenoxy) is 4. The van der Waals surface area contributed by atoms with Crippen molar-refractivity contribution in [2.45, 2.75) is 0 Å². The van der Waals surface area contributed by atoms with E-state index >= 15 is 0 Å². The van der Waals surface area contributed by atoms with Crippen LogP contribution in [-0.2, 0) is 4.74 Å². The molecular weight excluding hydrogens is 438 g/mol. The second-order valence-corrected chi connectivity index (χ2v) is 7.72. The number of hydrogen-bond acceptors (Lipinski definition) is 9. The van der Waals surface area contributed by atoms with E-state index in [1.54, 1.807) is 17.5 Å². The number of carboxylic acids is 1. The predicted molar refractivity (Wildman–Crippen MR) is 117 cm³/mol. The fraction of sp³-hybridized carbons (Fsp3) is 0.286. The topological polar surface area (TPSA) is 119 Å². The maximum atomic E-state index is 13.3. The highest BCUT2D eigenvalue weighted by Crippen LogP contribution is 2.41. The number of fused-ring (bicyclic) bond motifs is 1. The normalized spacial score (nSPS) is 15.2. The van der Waals surface area contributed by atoms with Crippen LogP contribution in [0.5, 0.6) is 17.2 Å². The van der Waals surface area contributed by atoms with Gasteiger partial charge in [-0.2, -0.15) is 0 Å². The summed E-state index contributed by atoms with van der Waals surface area (Å²) < 4.78 is 21.7. The molecule has 0 atom stereocenters. The number of carboxylic acid groups (broad SMARTS) is 1. The zero-order valence-electron chi connectivity index (χ0n) is 17.6. The minimum absolute atomic E-state index is 0.0235. The number of hydrogen-bond donors (Lipinski definition) is 2. The van der Waals surface area contributed by atoms with Gasteiger partial charge < -0.3 is 29.4 Å². The zero-order valence-corrected chi connectivity index (χ0v) is 18.4. The van der Waals surface area contributed by atoms with E-state index in [4.69, 9.17) is 18.9 Å². The van der Waals surface area contributed by atoms with E-state index in [-0.39, 0.29) is 23.7 Å². The molecule has 1 fully saturated rings. The fourth-order valence-electron chi connectivity index (χ4n) is 3.54. The highest BCUT2D eigenvalue weighted by Gasteiger charge is 2.33. The Morgan fingerprint density at radius 3 is 2.50 bits per heavy atom. The lowest BCUT2D eigenvalue weighted by Gasteiger charge is -2.30. The number of nitrogens with zero attached hydrogens (tertiary/aromatic N) is 2. The molecule has 0 spiro atoms. The van der Waals surface area contributed by atoms with Crippen LogP contribution in [0.4, 0.5) is 5.69 Å². The van der Waals surface area contributed by atoms with Crippen molar-refractivity contribution in [1.82, 2.24) is 4.90 Å². The molecule has 11 heteroatoms. The summed E-state index contributed by atoms with van der Waals surface area (Å²) in [7, 11) is 4.54. The molecular formula is C21H21N3O7S. The number of nitrogens with one attached hydrogen (secondary N) is 1. The van der Waals surface area contributed by atoms with E-state index in [2.05, 4.69) is 10.3 Å². The van der Waals surface area contributed by atoms with Crippen LogP contribution in [0, 0.1) is 0 Å². The number of anilines is 1. The van der Waals surface area contributed by atoms with Gasteiger partial charge in [0, 0.05) is 23.4 Å². The Balaban J connectivity index is 1.75. The van der Waals surface area contributed by atoms with Crippen LogP contribution < -0.4 is 19.5 Å². The van der Waals surface area contributed by atoms with Gasteiger partial charge in [0.25, 0.3) is 5.91 Å². The van der Waals surface area contributed by atoms with Crippen LogP contribution in [0.1, 0.15) is 20.0 Å². The van der Waals surface area contributed by atoms with Gasteiger partial charge in [-0.1, -0.05) is 0 Å². The summed E-state index contributed by atoms with van der Waals surface area (Å²) in [6.07, 6.45) is 0. The number of carbonyl (C=O) groups excluding carboxylic acids is 1. The summed E-state index contributed by atoms with van der Waals surface area (Å²) in [5.74, 6) is 0.161.